The number of aromatic nitrogens is 1. The van der Waals surface area contributed by atoms with Gasteiger partial charge < -0.3 is 9.30 Å². The van der Waals surface area contributed by atoms with Crippen molar-refractivity contribution in [2.75, 3.05) is 6.61 Å². The number of rotatable bonds is 9. The highest BCUT2D eigenvalue weighted by atomic mass is 16.5. The minimum Gasteiger partial charge on any atom is -0.494 e. The van der Waals surface area contributed by atoms with Crippen molar-refractivity contribution in [1.29, 1.82) is 0 Å². The van der Waals surface area contributed by atoms with Crippen LogP contribution in [-0.4, -0.2) is 23.3 Å². The van der Waals surface area contributed by atoms with Crippen molar-refractivity contribution in [2.24, 2.45) is 5.10 Å². The van der Waals surface area contributed by atoms with Crippen molar-refractivity contribution < 1.29 is 9.53 Å². The Morgan fingerprint density at radius 2 is 1.75 bits per heavy atom. The maximum absolute atomic E-state index is 12.4. The van der Waals surface area contributed by atoms with Crippen molar-refractivity contribution in [3.05, 3.63) is 102 Å². The third-order valence-corrected chi connectivity index (χ3v) is 5.27. The lowest BCUT2D eigenvalue weighted by Crippen LogP contribution is -2.17. The Morgan fingerprint density at radius 3 is 2.53 bits per heavy atom. The van der Waals surface area contributed by atoms with Crippen LogP contribution >= 0.6 is 0 Å². The molecule has 0 bridgehead atoms. The molecule has 0 fully saturated rings. The lowest BCUT2D eigenvalue weighted by molar-refractivity contribution is 0.0955. The number of carbonyl (C=O) groups is 1. The van der Waals surface area contributed by atoms with Gasteiger partial charge in [0.15, 0.2) is 0 Å². The van der Waals surface area contributed by atoms with Gasteiger partial charge in [-0.25, -0.2) is 5.43 Å². The fraction of sp³-hybridized carbons (Fsp3) is 0.185. The molecule has 5 nitrogen and oxygen atoms in total. The van der Waals surface area contributed by atoms with Crippen LogP contribution in [0.4, 0.5) is 0 Å². The molecule has 4 aromatic rings. The molecule has 0 spiro atoms. The highest BCUT2D eigenvalue weighted by Crippen LogP contribution is 2.21. The molecule has 32 heavy (non-hydrogen) atoms. The predicted molar refractivity (Wildman–Crippen MR) is 129 cm³/mol. The van der Waals surface area contributed by atoms with E-state index in [1.165, 1.54) is 5.56 Å². The lowest BCUT2D eigenvalue weighted by Gasteiger charge is -2.05. The van der Waals surface area contributed by atoms with Crippen molar-refractivity contribution >= 4 is 23.0 Å². The summed E-state index contributed by atoms with van der Waals surface area (Å²) in [5, 5.41) is 5.29. The predicted octanol–water partition coefficient (Wildman–Crippen LogP) is 5.63. The van der Waals surface area contributed by atoms with Crippen LogP contribution in [0.2, 0.25) is 0 Å². The maximum Gasteiger partial charge on any atom is 0.271 e. The summed E-state index contributed by atoms with van der Waals surface area (Å²) in [5.74, 6) is 0.513. The summed E-state index contributed by atoms with van der Waals surface area (Å²) in [7, 11) is 0. The van der Waals surface area contributed by atoms with E-state index >= 15 is 0 Å². The van der Waals surface area contributed by atoms with E-state index in [4.69, 9.17) is 4.74 Å². The number of amides is 1. The number of unbranched alkanes of at least 4 members (excludes halogenated alkanes) is 1. The van der Waals surface area contributed by atoms with Crippen LogP contribution < -0.4 is 10.2 Å². The first-order valence-electron chi connectivity index (χ1n) is 10.9. The van der Waals surface area contributed by atoms with Crippen molar-refractivity contribution in [1.82, 2.24) is 9.99 Å². The number of ether oxygens (including phenoxy) is 1. The van der Waals surface area contributed by atoms with E-state index in [1.807, 2.05) is 42.5 Å². The lowest BCUT2D eigenvalue weighted by atomic mass is 10.2. The van der Waals surface area contributed by atoms with Crippen LogP contribution in [0.1, 0.15) is 41.3 Å². The Kier molecular flexibility index (Phi) is 6.98. The average Bonchev–Trinajstić information content (AvgIpc) is 3.18. The molecule has 0 aliphatic heterocycles. The summed E-state index contributed by atoms with van der Waals surface area (Å²) >= 11 is 0. The number of nitrogens with zero attached hydrogens (tertiary/aromatic N) is 2. The van der Waals surface area contributed by atoms with Gasteiger partial charge in [0.05, 0.1) is 12.8 Å². The van der Waals surface area contributed by atoms with Crippen LogP contribution in [0.15, 0.2) is 90.2 Å². The van der Waals surface area contributed by atoms with E-state index in [-0.39, 0.29) is 5.91 Å². The second-order valence-electron chi connectivity index (χ2n) is 7.64. The number of nitrogens with one attached hydrogen (secondary N) is 1. The molecule has 1 amide bonds. The first kappa shape index (κ1) is 21.4. The number of benzene rings is 3. The minimum atomic E-state index is -0.255. The van der Waals surface area contributed by atoms with Gasteiger partial charge in [0.25, 0.3) is 5.91 Å². The van der Waals surface area contributed by atoms with Crippen LogP contribution in [0.3, 0.4) is 0 Å². The Balaban J connectivity index is 1.44. The van der Waals surface area contributed by atoms with Gasteiger partial charge in [0, 0.05) is 34.8 Å². The van der Waals surface area contributed by atoms with Gasteiger partial charge in [-0.2, -0.15) is 5.10 Å². The average molecular weight is 426 g/mol. The normalized spacial score (nSPS) is 11.2. The first-order valence-corrected chi connectivity index (χ1v) is 10.9. The van der Waals surface area contributed by atoms with Gasteiger partial charge in [0.1, 0.15) is 5.75 Å². The summed E-state index contributed by atoms with van der Waals surface area (Å²) in [5.41, 5.74) is 6.47. The number of hydrogen-bond acceptors (Lipinski definition) is 3. The molecule has 1 heterocycles. The van der Waals surface area contributed by atoms with Crippen LogP contribution in [-0.2, 0) is 6.54 Å². The van der Waals surface area contributed by atoms with Crippen molar-refractivity contribution in [2.45, 2.75) is 26.3 Å². The van der Waals surface area contributed by atoms with Crippen LogP contribution in [0.5, 0.6) is 5.75 Å². The minimum absolute atomic E-state index is 0.255. The number of para-hydroxylation sites is 1. The maximum atomic E-state index is 12.4. The molecule has 0 aliphatic rings. The zero-order valence-corrected chi connectivity index (χ0v) is 18.2. The zero-order valence-electron chi connectivity index (χ0n) is 18.2. The molecule has 4 rings (SSSR count). The molecule has 0 unspecified atom stereocenters. The van der Waals surface area contributed by atoms with E-state index in [1.54, 1.807) is 18.3 Å². The van der Waals surface area contributed by atoms with E-state index in [9.17, 15) is 4.79 Å². The second kappa shape index (κ2) is 10.4. The van der Waals surface area contributed by atoms with Crippen LogP contribution in [0, 0.1) is 0 Å². The third-order valence-electron chi connectivity index (χ3n) is 5.27. The SMILES string of the molecule is CCCCOc1ccc(C(=O)NN=Cc2cn(Cc3ccccc3)c3ccccc23)cc1. The van der Waals surface area contributed by atoms with Crippen molar-refractivity contribution in [3.63, 3.8) is 0 Å². The molecule has 0 saturated carbocycles. The fourth-order valence-electron chi connectivity index (χ4n) is 3.55. The highest BCUT2D eigenvalue weighted by molar-refractivity contribution is 6.00. The number of fused-ring (bicyclic) bond motifs is 1. The van der Waals surface area contributed by atoms with Crippen molar-refractivity contribution in [3.8, 4) is 5.75 Å². The molecule has 5 heteroatoms. The third kappa shape index (κ3) is 5.24. The topological polar surface area (TPSA) is 55.6 Å². The molecule has 0 atom stereocenters. The molecule has 3 aromatic carbocycles. The smallest absolute Gasteiger partial charge is 0.271 e. The fourth-order valence-corrected chi connectivity index (χ4v) is 3.55. The largest absolute Gasteiger partial charge is 0.494 e. The van der Waals surface area contributed by atoms with E-state index in [2.05, 4.69) is 52.5 Å². The first-order chi connectivity index (χ1) is 15.7. The molecular weight excluding hydrogens is 398 g/mol. The zero-order chi connectivity index (χ0) is 22.2. The van der Waals surface area contributed by atoms with Gasteiger partial charge in [0.2, 0.25) is 0 Å². The Morgan fingerprint density at radius 1 is 1.00 bits per heavy atom. The highest BCUT2D eigenvalue weighted by Gasteiger charge is 2.08. The number of hydrazone groups is 1. The summed E-state index contributed by atoms with van der Waals surface area (Å²) in [6, 6.07) is 25.7. The van der Waals surface area contributed by atoms with Gasteiger partial charge in [-0.1, -0.05) is 61.9 Å². The summed E-state index contributed by atoms with van der Waals surface area (Å²) in [6.07, 6.45) is 5.86. The van der Waals surface area contributed by atoms with E-state index in [0.29, 0.717) is 12.2 Å². The molecule has 1 aromatic heterocycles. The van der Waals surface area contributed by atoms with Gasteiger partial charge in [-0.05, 0) is 42.3 Å². The standard InChI is InChI=1S/C27H27N3O2/c1-2-3-17-32-24-15-13-22(14-16-24)27(31)29-28-18-23-20-30(19-21-9-5-4-6-10-21)26-12-8-7-11-25(23)26/h4-16,18,20H,2-3,17,19H2,1H3,(H,29,31). The summed E-state index contributed by atoms with van der Waals surface area (Å²) < 4.78 is 7.84. The van der Waals surface area contributed by atoms with Gasteiger partial charge in [-0.3, -0.25) is 4.79 Å². The summed E-state index contributed by atoms with van der Waals surface area (Å²) in [6.45, 7) is 3.58. The quantitative estimate of drug-likeness (QED) is 0.215. The van der Waals surface area contributed by atoms with Gasteiger partial charge in [-0.15, -0.1) is 0 Å². The van der Waals surface area contributed by atoms with Crippen LogP contribution in [0.25, 0.3) is 10.9 Å². The number of carbonyl (C=O) groups excluding carboxylic acids is 1. The van der Waals surface area contributed by atoms with Gasteiger partial charge >= 0.3 is 0 Å². The second-order valence-corrected chi connectivity index (χ2v) is 7.64. The number of hydrogen-bond donors (Lipinski definition) is 1. The Hall–Kier alpha value is -3.86. The van der Waals surface area contributed by atoms with E-state index < -0.39 is 0 Å². The summed E-state index contributed by atoms with van der Waals surface area (Å²) in [4.78, 5) is 12.4. The molecule has 162 valence electrons. The van der Waals surface area contributed by atoms with E-state index in [0.717, 1.165) is 41.6 Å². The molecule has 0 saturated heterocycles. The molecule has 0 aliphatic carbocycles. The Labute approximate surface area is 188 Å². The Bertz CT molecular complexity index is 1190. The molecule has 0 radical (unpaired) electrons. The molecule has 1 N–H and O–H groups in total. The monoisotopic (exact) mass is 425 g/mol. The molecular formula is C27H27N3O2.